The average molecular weight is 224 g/mol. The van der Waals surface area contributed by atoms with Crippen LogP contribution < -0.4 is 5.32 Å². The van der Waals surface area contributed by atoms with Crippen LogP contribution in [0.1, 0.15) is 22.8 Å². The average Bonchev–Trinajstić information content (AvgIpc) is 2.24. The Bertz CT molecular complexity index is 366. The highest BCUT2D eigenvalue weighted by atomic mass is 16.5. The molecule has 1 aromatic rings. The number of carboxylic acids is 1. The maximum absolute atomic E-state index is 11.0. The number of carboxylic acid groups (broad SMARTS) is 1. The second-order valence-corrected chi connectivity index (χ2v) is 3.28. The molecule has 0 saturated heterocycles. The Balaban J connectivity index is 2.71. The summed E-state index contributed by atoms with van der Waals surface area (Å²) in [6.07, 6.45) is 1.59. The van der Waals surface area contributed by atoms with E-state index < -0.39 is 5.97 Å². The molecule has 0 spiro atoms. The van der Waals surface area contributed by atoms with E-state index in [1.165, 1.54) is 0 Å². The Morgan fingerprint density at radius 3 is 3.00 bits per heavy atom. The number of ether oxygens (including phenoxy) is 1. The number of carbonyl (C=O) groups is 1. The molecule has 88 valence electrons. The van der Waals surface area contributed by atoms with Crippen molar-refractivity contribution in [2.24, 2.45) is 0 Å². The molecule has 0 saturated carbocycles. The first-order valence-electron chi connectivity index (χ1n) is 5.17. The maximum Gasteiger partial charge on any atom is 0.339 e. The summed E-state index contributed by atoms with van der Waals surface area (Å²) < 4.78 is 5.15. The van der Waals surface area contributed by atoms with Crippen LogP contribution in [0.3, 0.4) is 0 Å². The Kier molecular flexibility index (Phi) is 4.72. The number of aryl methyl sites for hydroxylation is 1. The van der Waals surface area contributed by atoms with Crippen molar-refractivity contribution in [2.45, 2.75) is 13.8 Å². The van der Waals surface area contributed by atoms with Crippen LogP contribution in [-0.4, -0.2) is 35.8 Å². The van der Waals surface area contributed by atoms with Gasteiger partial charge in [-0.3, -0.25) is 0 Å². The van der Waals surface area contributed by atoms with Gasteiger partial charge in [-0.25, -0.2) is 9.78 Å². The SMILES string of the molecule is CCOCCNc1nccc(C)c1C(=O)O. The highest BCUT2D eigenvalue weighted by Crippen LogP contribution is 2.15. The van der Waals surface area contributed by atoms with Gasteiger partial charge in [-0.2, -0.15) is 0 Å². The van der Waals surface area contributed by atoms with Crippen molar-refractivity contribution >= 4 is 11.8 Å². The minimum absolute atomic E-state index is 0.221. The quantitative estimate of drug-likeness (QED) is 0.717. The second kappa shape index (κ2) is 6.07. The molecule has 0 unspecified atom stereocenters. The topological polar surface area (TPSA) is 71.5 Å². The molecule has 0 aliphatic heterocycles. The summed E-state index contributed by atoms with van der Waals surface area (Å²) in [6.45, 7) is 5.39. The lowest BCUT2D eigenvalue weighted by molar-refractivity contribution is 0.0696. The summed E-state index contributed by atoms with van der Waals surface area (Å²) in [5.74, 6) is -0.572. The van der Waals surface area contributed by atoms with E-state index in [2.05, 4.69) is 10.3 Å². The molecule has 0 fully saturated rings. The van der Waals surface area contributed by atoms with Crippen molar-refractivity contribution in [3.63, 3.8) is 0 Å². The number of nitrogens with zero attached hydrogens (tertiary/aromatic N) is 1. The van der Waals surface area contributed by atoms with Gasteiger partial charge >= 0.3 is 5.97 Å². The van der Waals surface area contributed by atoms with Gasteiger partial charge in [0.25, 0.3) is 0 Å². The third kappa shape index (κ3) is 3.20. The van der Waals surface area contributed by atoms with Crippen LogP contribution in [0.5, 0.6) is 0 Å². The molecule has 0 bridgehead atoms. The summed E-state index contributed by atoms with van der Waals surface area (Å²) in [5.41, 5.74) is 0.917. The first-order valence-corrected chi connectivity index (χ1v) is 5.17. The van der Waals surface area contributed by atoms with Gasteiger partial charge < -0.3 is 15.2 Å². The molecule has 0 atom stereocenters. The molecule has 0 aliphatic rings. The zero-order valence-electron chi connectivity index (χ0n) is 9.49. The van der Waals surface area contributed by atoms with Gasteiger partial charge in [-0.05, 0) is 25.5 Å². The fraction of sp³-hybridized carbons (Fsp3) is 0.455. The van der Waals surface area contributed by atoms with E-state index in [1.54, 1.807) is 19.2 Å². The lowest BCUT2D eigenvalue weighted by atomic mass is 10.1. The van der Waals surface area contributed by atoms with E-state index in [0.29, 0.717) is 31.1 Å². The third-order valence-corrected chi connectivity index (χ3v) is 2.12. The lowest BCUT2D eigenvalue weighted by Crippen LogP contribution is -2.14. The highest BCUT2D eigenvalue weighted by Gasteiger charge is 2.13. The molecule has 5 heteroatoms. The van der Waals surface area contributed by atoms with Crippen LogP contribution in [0.15, 0.2) is 12.3 Å². The van der Waals surface area contributed by atoms with Crippen LogP contribution in [0.4, 0.5) is 5.82 Å². The van der Waals surface area contributed by atoms with Crippen LogP contribution >= 0.6 is 0 Å². The van der Waals surface area contributed by atoms with E-state index in [4.69, 9.17) is 9.84 Å². The highest BCUT2D eigenvalue weighted by molar-refractivity contribution is 5.94. The fourth-order valence-corrected chi connectivity index (χ4v) is 1.35. The normalized spacial score (nSPS) is 10.1. The summed E-state index contributed by atoms with van der Waals surface area (Å²) in [6, 6.07) is 1.68. The van der Waals surface area contributed by atoms with Crippen molar-refractivity contribution in [1.82, 2.24) is 4.98 Å². The van der Waals surface area contributed by atoms with Gasteiger partial charge in [-0.15, -0.1) is 0 Å². The molecular formula is C11H16N2O3. The zero-order chi connectivity index (χ0) is 12.0. The van der Waals surface area contributed by atoms with Crippen molar-refractivity contribution in [2.75, 3.05) is 25.1 Å². The van der Waals surface area contributed by atoms with Crippen LogP contribution in [0.2, 0.25) is 0 Å². The Morgan fingerprint density at radius 2 is 2.38 bits per heavy atom. The third-order valence-electron chi connectivity index (χ3n) is 2.12. The molecule has 1 heterocycles. The number of pyridine rings is 1. The van der Waals surface area contributed by atoms with Gasteiger partial charge in [0, 0.05) is 19.3 Å². The van der Waals surface area contributed by atoms with Gasteiger partial charge in [0.15, 0.2) is 0 Å². The van der Waals surface area contributed by atoms with Crippen LogP contribution in [0, 0.1) is 6.92 Å². The van der Waals surface area contributed by atoms with Gasteiger partial charge in [0.1, 0.15) is 11.4 Å². The second-order valence-electron chi connectivity index (χ2n) is 3.28. The summed E-state index contributed by atoms with van der Waals surface area (Å²) >= 11 is 0. The molecular weight excluding hydrogens is 208 g/mol. The van der Waals surface area contributed by atoms with Gasteiger partial charge in [0.05, 0.1) is 6.61 Å². The van der Waals surface area contributed by atoms with E-state index in [9.17, 15) is 4.79 Å². The largest absolute Gasteiger partial charge is 0.478 e. The zero-order valence-corrected chi connectivity index (χ0v) is 9.49. The standard InChI is InChI=1S/C11H16N2O3/c1-3-16-7-6-13-10-9(11(14)15)8(2)4-5-12-10/h4-5H,3,6-7H2,1-2H3,(H,12,13)(H,14,15). The Hall–Kier alpha value is -1.62. The first-order chi connectivity index (χ1) is 7.66. The van der Waals surface area contributed by atoms with E-state index in [-0.39, 0.29) is 5.56 Å². The molecule has 5 nitrogen and oxygen atoms in total. The number of aromatic nitrogens is 1. The number of anilines is 1. The summed E-state index contributed by atoms with van der Waals surface area (Å²) in [7, 11) is 0. The van der Waals surface area contributed by atoms with Gasteiger partial charge in [0.2, 0.25) is 0 Å². The molecule has 2 N–H and O–H groups in total. The maximum atomic E-state index is 11.0. The molecule has 16 heavy (non-hydrogen) atoms. The summed E-state index contributed by atoms with van der Waals surface area (Å²) in [5, 5.41) is 12.0. The van der Waals surface area contributed by atoms with Crippen molar-refractivity contribution in [3.8, 4) is 0 Å². The molecule has 1 aromatic heterocycles. The molecule has 0 aliphatic carbocycles. The van der Waals surface area contributed by atoms with Crippen molar-refractivity contribution in [3.05, 3.63) is 23.4 Å². The Labute approximate surface area is 94.5 Å². The van der Waals surface area contributed by atoms with Crippen molar-refractivity contribution in [1.29, 1.82) is 0 Å². The Morgan fingerprint density at radius 1 is 1.62 bits per heavy atom. The molecule has 0 radical (unpaired) electrons. The predicted molar refractivity (Wildman–Crippen MR) is 60.9 cm³/mol. The van der Waals surface area contributed by atoms with Crippen LogP contribution in [0.25, 0.3) is 0 Å². The number of rotatable bonds is 6. The van der Waals surface area contributed by atoms with E-state index in [0.717, 1.165) is 0 Å². The molecule has 0 amide bonds. The molecule has 0 aromatic carbocycles. The summed E-state index contributed by atoms with van der Waals surface area (Å²) in [4.78, 5) is 15.0. The fourth-order valence-electron chi connectivity index (χ4n) is 1.35. The number of aromatic carboxylic acids is 1. The van der Waals surface area contributed by atoms with Crippen LogP contribution in [-0.2, 0) is 4.74 Å². The predicted octanol–water partition coefficient (Wildman–Crippen LogP) is 1.54. The van der Waals surface area contributed by atoms with Crippen molar-refractivity contribution < 1.29 is 14.6 Å². The van der Waals surface area contributed by atoms with E-state index in [1.807, 2.05) is 6.92 Å². The van der Waals surface area contributed by atoms with E-state index >= 15 is 0 Å². The minimum Gasteiger partial charge on any atom is -0.478 e. The smallest absolute Gasteiger partial charge is 0.339 e. The number of hydrogen-bond acceptors (Lipinski definition) is 4. The minimum atomic E-state index is -0.968. The lowest BCUT2D eigenvalue weighted by Gasteiger charge is -2.10. The molecule has 1 rings (SSSR count). The number of nitrogens with one attached hydrogen (secondary N) is 1. The monoisotopic (exact) mass is 224 g/mol. The first kappa shape index (κ1) is 12.4. The number of hydrogen-bond donors (Lipinski definition) is 2. The van der Waals surface area contributed by atoms with Gasteiger partial charge in [-0.1, -0.05) is 0 Å².